The lowest BCUT2D eigenvalue weighted by Gasteiger charge is -2.12. The average molecular weight is 252 g/mol. The summed E-state index contributed by atoms with van der Waals surface area (Å²) < 4.78 is 1.88. The Morgan fingerprint density at radius 2 is 2.21 bits per heavy atom. The summed E-state index contributed by atoms with van der Waals surface area (Å²) in [6, 6.07) is 6.05. The van der Waals surface area contributed by atoms with E-state index in [1.54, 1.807) is 6.92 Å². The van der Waals surface area contributed by atoms with E-state index in [-0.39, 0.29) is 5.56 Å². The molecule has 1 aromatic carbocycles. The molecule has 1 fully saturated rings. The first-order valence-electron chi connectivity index (χ1n) is 6.73. The Morgan fingerprint density at radius 3 is 2.84 bits per heavy atom. The van der Waals surface area contributed by atoms with Gasteiger partial charge in [0, 0.05) is 18.0 Å². The van der Waals surface area contributed by atoms with Crippen LogP contribution in [0.15, 0.2) is 23.0 Å². The number of aryl methyl sites for hydroxylation is 1. The molecule has 3 nitrogen and oxygen atoms in total. The van der Waals surface area contributed by atoms with Gasteiger partial charge in [0.1, 0.15) is 5.82 Å². The third-order valence-corrected chi connectivity index (χ3v) is 3.49. The zero-order valence-corrected chi connectivity index (χ0v) is 11.2. The number of nitrogens with zero attached hydrogens (tertiary/aromatic N) is 2. The summed E-state index contributed by atoms with van der Waals surface area (Å²) in [5.41, 5.74) is 1.62. The maximum absolute atomic E-state index is 12.7. The summed E-state index contributed by atoms with van der Waals surface area (Å²) in [7, 11) is 0. The van der Waals surface area contributed by atoms with Gasteiger partial charge < -0.3 is 0 Å². The van der Waals surface area contributed by atoms with Crippen molar-refractivity contribution in [2.75, 3.05) is 0 Å². The molecular weight excluding hydrogens is 236 g/mol. The Morgan fingerprint density at radius 1 is 1.42 bits per heavy atom. The topological polar surface area (TPSA) is 34.9 Å². The van der Waals surface area contributed by atoms with Gasteiger partial charge in [-0.15, -0.1) is 5.92 Å². The minimum atomic E-state index is 0.0719. The highest BCUT2D eigenvalue weighted by Gasteiger charge is 2.28. The summed E-state index contributed by atoms with van der Waals surface area (Å²) in [6.45, 7) is 3.83. The molecule has 0 spiro atoms. The highest BCUT2D eigenvalue weighted by molar-refractivity contribution is 5.84. The maximum atomic E-state index is 12.7. The minimum absolute atomic E-state index is 0.0719. The highest BCUT2D eigenvalue weighted by Crippen LogP contribution is 2.34. The first kappa shape index (κ1) is 12.0. The fraction of sp³-hybridized carbons (Fsp3) is 0.375. The monoisotopic (exact) mass is 252 g/mol. The number of rotatable bonds is 2. The van der Waals surface area contributed by atoms with Crippen molar-refractivity contribution in [3.05, 3.63) is 39.9 Å². The zero-order chi connectivity index (χ0) is 13.4. The van der Waals surface area contributed by atoms with E-state index in [1.165, 1.54) is 0 Å². The Hall–Kier alpha value is -2.08. The Balaban J connectivity index is 2.41. The molecule has 96 valence electrons. The van der Waals surface area contributed by atoms with Crippen LogP contribution in [0, 0.1) is 11.8 Å². The van der Waals surface area contributed by atoms with Crippen molar-refractivity contribution in [3.8, 4) is 11.8 Å². The lowest BCUT2D eigenvalue weighted by molar-refractivity contribution is 0.646. The standard InChI is InChI=1S/C16H16N2O/c1-3-6-11-7-5-8-13-15(11)16(19)18(12-9-10-12)14(4-2)17-13/h5,7-8,12H,4,9-10H2,1-2H3. The molecule has 0 unspecified atom stereocenters. The zero-order valence-electron chi connectivity index (χ0n) is 11.2. The van der Waals surface area contributed by atoms with Crippen molar-refractivity contribution in [1.29, 1.82) is 0 Å². The van der Waals surface area contributed by atoms with Crippen LogP contribution in [0.4, 0.5) is 0 Å². The Bertz CT molecular complexity index is 758. The summed E-state index contributed by atoms with van der Waals surface area (Å²) in [5.74, 6) is 6.77. The van der Waals surface area contributed by atoms with Gasteiger partial charge in [0.2, 0.25) is 0 Å². The summed E-state index contributed by atoms with van der Waals surface area (Å²) in [5, 5.41) is 0.668. The predicted molar refractivity (Wildman–Crippen MR) is 76.2 cm³/mol. The highest BCUT2D eigenvalue weighted by atomic mass is 16.1. The SMILES string of the molecule is CC#Cc1cccc2nc(CC)n(C3CC3)c(=O)c12. The van der Waals surface area contributed by atoms with Gasteiger partial charge in [-0.25, -0.2) is 4.98 Å². The second-order valence-electron chi connectivity index (χ2n) is 4.86. The van der Waals surface area contributed by atoms with E-state index in [4.69, 9.17) is 0 Å². The third kappa shape index (κ3) is 1.94. The Labute approximate surface area is 112 Å². The van der Waals surface area contributed by atoms with Crippen molar-refractivity contribution < 1.29 is 0 Å². The normalized spacial score (nSPS) is 14.2. The molecule has 1 saturated carbocycles. The molecule has 1 aliphatic rings. The van der Waals surface area contributed by atoms with Gasteiger partial charge in [0.25, 0.3) is 5.56 Å². The van der Waals surface area contributed by atoms with E-state index in [2.05, 4.69) is 16.8 Å². The molecule has 1 aliphatic carbocycles. The molecule has 3 rings (SSSR count). The van der Waals surface area contributed by atoms with Crippen LogP contribution in [-0.4, -0.2) is 9.55 Å². The fourth-order valence-corrected chi connectivity index (χ4v) is 2.49. The number of aromatic nitrogens is 2. The maximum Gasteiger partial charge on any atom is 0.262 e. The van der Waals surface area contributed by atoms with Crippen LogP contribution in [-0.2, 0) is 6.42 Å². The van der Waals surface area contributed by atoms with Gasteiger partial charge in [-0.05, 0) is 31.9 Å². The van der Waals surface area contributed by atoms with Gasteiger partial charge >= 0.3 is 0 Å². The van der Waals surface area contributed by atoms with Crippen LogP contribution in [0.25, 0.3) is 10.9 Å². The second-order valence-corrected chi connectivity index (χ2v) is 4.86. The van der Waals surface area contributed by atoms with Crippen LogP contribution in [0.3, 0.4) is 0 Å². The van der Waals surface area contributed by atoms with Crippen LogP contribution in [0.5, 0.6) is 0 Å². The lowest BCUT2D eigenvalue weighted by atomic mass is 10.1. The van der Waals surface area contributed by atoms with Crippen molar-refractivity contribution in [2.24, 2.45) is 0 Å². The number of hydrogen-bond acceptors (Lipinski definition) is 2. The molecule has 3 heteroatoms. The number of hydrogen-bond donors (Lipinski definition) is 0. The van der Waals surface area contributed by atoms with Crippen molar-refractivity contribution >= 4 is 10.9 Å². The van der Waals surface area contributed by atoms with Gasteiger partial charge in [-0.1, -0.05) is 18.9 Å². The smallest absolute Gasteiger partial charge is 0.262 e. The first-order valence-corrected chi connectivity index (χ1v) is 6.73. The van der Waals surface area contributed by atoms with E-state index in [0.29, 0.717) is 11.4 Å². The van der Waals surface area contributed by atoms with Gasteiger partial charge in [-0.3, -0.25) is 9.36 Å². The molecule has 1 aromatic heterocycles. The predicted octanol–water partition coefficient (Wildman–Crippen LogP) is 2.67. The van der Waals surface area contributed by atoms with Crippen molar-refractivity contribution in [1.82, 2.24) is 9.55 Å². The molecule has 2 aromatic rings. The van der Waals surface area contributed by atoms with Gasteiger partial charge in [0.05, 0.1) is 10.9 Å². The van der Waals surface area contributed by atoms with Gasteiger partial charge in [0.15, 0.2) is 0 Å². The van der Waals surface area contributed by atoms with Crippen molar-refractivity contribution in [3.63, 3.8) is 0 Å². The largest absolute Gasteiger partial charge is 0.293 e. The molecule has 0 bridgehead atoms. The molecule has 19 heavy (non-hydrogen) atoms. The molecule has 0 amide bonds. The molecular formula is C16H16N2O. The molecule has 0 radical (unpaired) electrons. The Kier molecular flexibility index (Phi) is 2.87. The minimum Gasteiger partial charge on any atom is -0.293 e. The van der Waals surface area contributed by atoms with Crippen molar-refractivity contribution in [2.45, 2.75) is 39.2 Å². The summed E-state index contributed by atoms with van der Waals surface area (Å²) >= 11 is 0. The first-order chi connectivity index (χ1) is 9.26. The van der Waals surface area contributed by atoms with E-state index in [9.17, 15) is 4.79 Å². The molecule has 0 N–H and O–H groups in total. The second kappa shape index (κ2) is 4.55. The summed E-state index contributed by atoms with van der Waals surface area (Å²) in [4.78, 5) is 17.4. The van der Waals surface area contributed by atoms with E-state index >= 15 is 0 Å². The number of benzene rings is 1. The van der Waals surface area contributed by atoms with Crippen LogP contribution < -0.4 is 5.56 Å². The fourth-order valence-electron chi connectivity index (χ4n) is 2.49. The van der Waals surface area contributed by atoms with Crippen LogP contribution in [0.1, 0.15) is 44.1 Å². The van der Waals surface area contributed by atoms with Gasteiger partial charge in [-0.2, -0.15) is 0 Å². The quantitative estimate of drug-likeness (QED) is 0.770. The molecule has 0 atom stereocenters. The molecule has 0 aliphatic heterocycles. The lowest BCUT2D eigenvalue weighted by Crippen LogP contribution is -2.25. The van der Waals surface area contributed by atoms with E-state index < -0.39 is 0 Å². The van der Waals surface area contributed by atoms with E-state index in [0.717, 1.165) is 36.2 Å². The third-order valence-electron chi connectivity index (χ3n) is 3.49. The summed E-state index contributed by atoms with van der Waals surface area (Å²) in [6.07, 6.45) is 2.95. The average Bonchev–Trinajstić information content (AvgIpc) is 3.23. The van der Waals surface area contributed by atoms with Crippen LogP contribution >= 0.6 is 0 Å². The number of fused-ring (bicyclic) bond motifs is 1. The molecule has 1 heterocycles. The van der Waals surface area contributed by atoms with Crippen LogP contribution in [0.2, 0.25) is 0 Å². The van der Waals surface area contributed by atoms with E-state index in [1.807, 2.05) is 29.7 Å². The molecule has 0 saturated heterocycles.